The molecule has 9 heteroatoms. The number of nitrogens with zero attached hydrogens (tertiary/aromatic N) is 4. The monoisotopic (exact) mass is 440 g/mol. The van der Waals surface area contributed by atoms with E-state index in [1.165, 1.54) is 16.7 Å². The van der Waals surface area contributed by atoms with Crippen LogP contribution in [-0.4, -0.2) is 24.8 Å². The average molecular weight is 440 g/mol. The van der Waals surface area contributed by atoms with Crippen LogP contribution in [0, 0.1) is 12.3 Å². The second-order valence-electron chi connectivity index (χ2n) is 7.70. The number of fused-ring (bicyclic) bond motifs is 2. The number of furan rings is 1. The lowest BCUT2D eigenvalue weighted by Crippen LogP contribution is -2.35. The van der Waals surface area contributed by atoms with Gasteiger partial charge < -0.3 is 14.3 Å². The van der Waals surface area contributed by atoms with Crippen molar-refractivity contribution in [3.63, 3.8) is 0 Å². The third-order valence-corrected chi connectivity index (χ3v) is 5.37. The van der Waals surface area contributed by atoms with E-state index < -0.39 is 5.91 Å². The van der Waals surface area contributed by atoms with Gasteiger partial charge in [0.2, 0.25) is 0 Å². The van der Waals surface area contributed by atoms with Crippen LogP contribution in [0.2, 0.25) is 0 Å². The quantitative estimate of drug-likeness (QED) is 0.407. The summed E-state index contributed by atoms with van der Waals surface area (Å²) < 4.78 is 8.29. The summed E-state index contributed by atoms with van der Waals surface area (Å²) in [6.45, 7) is 2.29. The van der Waals surface area contributed by atoms with E-state index in [0.29, 0.717) is 17.1 Å². The molecule has 0 aromatic carbocycles. The normalized spacial score (nSPS) is 11.2. The number of pyridine rings is 3. The summed E-state index contributed by atoms with van der Waals surface area (Å²) in [7, 11) is 0. The van der Waals surface area contributed by atoms with Crippen molar-refractivity contribution in [2.75, 3.05) is 0 Å². The fraction of sp³-hybridized carbons (Fsp3) is 0.125. The maximum Gasteiger partial charge on any atom is 0.267 e. The molecule has 5 heterocycles. The Labute approximate surface area is 187 Å². The lowest BCUT2D eigenvalue weighted by molar-refractivity contribution is 0.0945. The van der Waals surface area contributed by atoms with Gasteiger partial charge in [0.15, 0.2) is 0 Å². The van der Waals surface area contributed by atoms with Gasteiger partial charge in [0.05, 0.1) is 30.3 Å². The highest BCUT2D eigenvalue weighted by atomic mass is 16.3. The van der Waals surface area contributed by atoms with Crippen molar-refractivity contribution in [3.8, 4) is 0 Å². The van der Waals surface area contributed by atoms with Gasteiger partial charge >= 0.3 is 0 Å². The smallest absolute Gasteiger partial charge is 0.267 e. The van der Waals surface area contributed by atoms with E-state index in [2.05, 4.69) is 15.3 Å². The fourth-order valence-electron chi connectivity index (χ4n) is 3.72. The highest BCUT2D eigenvalue weighted by molar-refractivity contribution is 5.96. The van der Waals surface area contributed by atoms with Crippen molar-refractivity contribution in [3.05, 3.63) is 106 Å². The molecule has 0 saturated heterocycles. The molecule has 0 bridgehead atoms. The van der Waals surface area contributed by atoms with E-state index in [0.717, 1.165) is 11.1 Å². The van der Waals surface area contributed by atoms with Crippen LogP contribution in [0.1, 0.15) is 27.2 Å². The molecule has 5 rings (SSSR count). The summed E-state index contributed by atoms with van der Waals surface area (Å²) in [5.74, 6) is 0.106. The molecule has 5 aromatic heterocycles. The zero-order chi connectivity index (χ0) is 22.9. The van der Waals surface area contributed by atoms with Gasteiger partial charge in [-0.2, -0.15) is 0 Å². The molecule has 9 nitrogen and oxygen atoms in total. The third kappa shape index (κ3) is 3.80. The SMILES string of the molecule is Cc1ccc2nc3c(cc(C(=O)NCc4ccco4)c(=N)n3Cc3cccnc3)c(=O)n2c1. The Bertz CT molecular complexity index is 1600. The van der Waals surface area contributed by atoms with Crippen LogP contribution in [0.25, 0.3) is 16.7 Å². The van der Waals surface area contributed by atoms with Gasteiger partial charge in [0.1, 0.15) is 22.5 Å². The Morgan fingerprint density at radius 1 is 1.21 bits per heavy atom. The van der Waals surface area contributed by atoms with Crippen LogP contribution in [0.15, 0.2) is 76.5 Å². The predicted molar refractivity (Wildman–Crippen MR) is 121 cm³/mol. The second-order valence-corrected chi connectivity index (χ2v) is 7.70. The minimum absolute atomic E-state index is 0.0494. The van der Waals surface area contributed by atoms with E-state index in [1.54, 1.807) is 47.4 Å². The van der Waals surface area contributed by atoms with E-state index in [1.807, 2.05) is 19.1 Å². The van der Waals surface area contributed by atoms with Crippen LogP contribution in [0.5, 0.6) is 0 Å². The van der Waals surface area contributed by atoms with Crippen LogP contribution >= 0.6 is 0 Å². The summed E-state index contributed by atoms with van der Waals surface area (Å²) in [5, 5.41) is 11.8. The summed E-state index contributed by atoms with van der Waals surface area (Å²) in [5.41, 5.74) is 2.24. The van der Waals surface area contributed by atoms with Gasteiger partial charge in [-0.1, -0.05) is 12.1 Å². The molecule has 0 spiro atoms. The minimum atomic E-state index is -0.480. The number of amides is 1. The topological polar surface area (TPSA) is 118 Å². The van der Waals surface area contributed by atoms with E-state index in [4.69, 9.17) is 9.83 Å². The van der Waals surface area contributed by atoms with Gasteiger partial charge in [-0.05, 0) is 48.4 Å². The number of hydrogen-bond donors (Lipinski definition) is 2. The summed E-state index contributed by atoms with van der Waals surface area (Å²) in [6.07, 6.45) is 6.57. The van der Waals surface area contributed by atoms with Crippen molar-refractivity contribution in [1.29, 1.82) is 5.41 Å². The minimum Gasteiger partial charge on any atom is -0.467 e. The number of aryl methyl sites for hydroxylation is 1. The Kier molecular flexibility index (Phi) is 5.06. The summed E-state index contributed by atoms with van der Waals surface area (Å²) in [4.78, 5) is 35.2. The zero-order valence-corrected chi connectivity index (χ0v) is 17.8. The molecule has 33 heavy (non-hydrogen) atoms. The van der Waals surface area contributed by atoms with Crippen molar-refractivity contribution >= 4 is 22.6 Å². The Hall–Kier alpha value is -4.53. The maximum atomic E-state index is 13.4. The van der Waals surface area contributed by atoms with Crippen molar-refractivity contribution in [2.45, 2.75) is 20.0 Å². The van der Waals surface area contributed by atoms with Crippen molar-refractivity contribution in [1.82, 2.24) is 24.3 Å². The standard InChI is InChI=1S/C24H20N6O3/c1-15-6-7-20-28-22-19(24(32)29(20)13-15)10-18(23(31)27-12-17-5-3-9-33-17)21(25)30(22)14-16-4-2-8-26-11-16/h2-11,13,25H,12,14H2,1H3,(H,27,31). The van der Waals surface area contributed by atoms with Crippen LogP contribution in [0.4, 0.5) is 0 Å². The highest BCUT2D eigenvalue weighted by Crippen LogP contribution is 2.13. The third-order valence-electron chi connectivity index (χ3n) is 5.37. The molecule has 2 N–H and O–H groups in total. The molecule has 0 aliphatic rings. The maximum absolute atomic E-state index is 13.4. The van der Waals surface area contributed by atoms with Crippen LogP contribution in [-0.2, 0) is 13.1 Å². The first-order valence-electron chi connectivity index (χ1n) is 10.3. The van der Waals surface area contributed by atoms with Crippen LogP contribution in [0.3, 0.4) is 0 Å². The first-order valence-corrected chi connectivity index (χ1v) is 10.3. The van der Waals surface area contributed by atoms with E-state index in [9.17, 15) is 9.59 Å². The van der Waals surface area contributed by atoms with Gasteiger partial charge in [-0.15, -0.1) is 0 Å². The number of aromatic nitrogens is 4. The Balaban J connectivity index is 1.71. The fourth-order valence-corrected chi connectivity index (χ4v) is 3.72. The molecule has 5 aromatic rings. The molecular formula is C24H20N6O3. The predicted octanol–water partition coefficient (Wildman–Crippen LogP) is 2.40. The molecule has 0 aliphatic carbocycles. The highest BCUT2D eigenvalue weighted by Gasteiger charge is 2.18. The van der Waals surface area contributed by atoms with Gasteiger partial charge in [-0.3, -0.25) is 24.4 Å². The molecule has 0 fully saturated rings. The second kappa shape index (κ2) is 8.19. The largest absolute Gasteiger partial charge is 0.467 e. The first-order chi connectivity index (χ1) is 16.0. The van der Waals surface area contributed by atoms with Gasteiger partial charge in [0.25, 0.3) is 11.5 Å². The molecule has 0 atom stereocenters. The lowest BCUT2D eigenvalue weighted by Gasteiger charge is -2.15. The molecule has 164 valence electrons. The average Bonchev–Trinajstić information content (AvgIpc) is 3.34. The summed E-state index contributed by atoms with van der Waals surface area (Å²) >= 11 is 0. The van der Waals surface area contributed by atoms with E-state index in [-0.39, 0.29) is 35.1 Å². The van der Waals surface area contributed by atoms with Gasteiger partial charge in [0, 0.05) is 18.6 Å². The van der Waals surface area contributed by atoms with Crippen molar-refractivity contribution < 1.29 is 9.21 Å². The van der Waals surface area contributed by atoms with Gasteiger partial charge in [-0.25, -0.2) is 4.98 Å². The molecule has 0 unspecified atom stereocenters. The number of rotatable bonds is 5. The number of carbonyl (C=O) groups excluding carboxylic acids is 1. The Morgan fingerprint density at radius 2 is 2.09 bits per heavy atom. The first kappa shape index (κ1) is 20.4. The molecule has 0 saturated carbocycles. The number of hydrogen-bond acceptors (Lipinski definition) is 6. The Morgan fingerprint density at radius 3 is 2.85 bits per heavy atom. The summed E-state index contributed by atoms with van der Waals surface area (Å²) in [6, 6.07) is 12.2. The molecule has 0 aliphatic heterocycles. The van der Waals surface area contributed by atoms with Crippen molar-refractivity contribution in [2.24, 2.45) is 0 Å². The lowest BCUT2D eigenvalue weighted by atomic mass is 10.1. The zero-order valence-electron chi connectivity index (χ0n) is 17.8. The molecule has 1 amide bonds. The van der Waals surface area contributed by atoms with E-state index >= 15 is 0 Å². The number of carbonyl (C=O) groups is 1. The molecular weight excluding hydrogens is 420 g/mol. The molecule has 0 radical (unpaired) electrons. The van der Waals surface area contributed by atoms with Crippen LogP contribution < -0.4 is 16.4 Å². The number of nitrogens with one attached hydrogen (secondary N) is 2.